The first-order valence-electron chi connectivity index (χ1n) is 14.3. The highest BCUT2D eigenvalue weighted by molar-refractivity contribution is 6.03. The molecule has 0 unspecified atom stereocenters. The molecule has 3 rings (SSSR count). The van der Waals surface area contributed by atoms with Crippen molar-refractivity contribution in [1.29, 1.82) is 0 Å². The van der Waals surface area contributed by atoms with Gasteiger partial charge >= 0.3 is 5.97 Å². The summed E-state index contributed by atoms with van der Waals surface area (Å²) in [5.74, 6) is 0.0220. The van der Waals surface area contributed by atoms with E-state index in [1.807, 2.05) is 0 Å². The van der Waals surface area contributed by atoms with Crippen LogP contribution in [-0.4, -0.2) is 61.4 Å². The Morgan fingerprint density at radius 3 is 2.20 bits per heavy atom. The number of rotatable bonds is 16. The van der Waals surface area contributed by atoms with Crippen LogP contribution in [0.5, 0.6) is 11.5 Å². The summed E-state index contributed by atoms with van der Waals surface area (Å²) < 4.78 is 30.7. The zero-order chi connectivity index (χ0) is 29.0. The van der Waals surface area contributed by atoms with E-state index in [9.17, 15) is 18.8 Å². The highest BCUT2D eigenvalue weighted by Crippen LogP contribution is 2.32. The lowest BCUT2D eigenvalue weighted by molar-refractivity contribution is -0.159. The molecule has 2 aromatic rings. The molecule has 0 atom stereocenters. The van der Waals surface area contributed by atoms with E-state index < -0.39 is 11.4 Å². The van der Waals surface area contributed by atoms with Gasteiger partial charge in [0.1, 0.15) is 5.82 Å². The smallest absolute Gasteiger partial charge is 0.306 e. The van der Waals surface area contributed by atoms with Gasteiger partial charge in [-0.1, -0.05) is 32.6 Å². The van der Waals surface area contributed by atoms with E-state index in [2.05, 4.69) is 11.8 Å². The SMILES string of the molecule is CCCCCCCC(=O)OC1(C(=O)c2ccc(F)cc2)CCN(CCCOc2ccc(C(C)=O)cc2OC)CC1.Cl. The molecule has 0 aromatic heterocycles. The summed E-state index contributed by atoms with van der Waals surface area (Å²) in [6.45, 7) is 6.04. The number of esters is 1. The minimum atomic E-state index is -1.24. The van der Waals surface area contributed by atoms with Crippen molar-refractivity contribution >= 4 is 29.9 Å². The van der Waals surface area contributed by atoms with Crippen molar-refractivity contribution in [3.63, 3.8) is 0 Å². The molecule has 0 spiro atoms. The molecule has 1 saturated heterocycles. The zero-order valence-electron chi connectivity index (χ0n) is 24.4. The molecule has 1 aliphatic rings. The molecular formula is C32H43ClFNO6. The molecule has 0 radical (unpaired) electrons. The summed E-state index contributed by atoms with van der Waals surface area (Å²) >= 11 is 0. The average molecular weight is 592 g/mol. The van der Waals surface area contributed by atoms with Gasteiger partial charge in [0.2, 0.25) is 5.78 Å². The first-order chi connectivity index (χ1) is 19.3. The largest absolute Gasteiger partial charge is 0.493 e. The van der Waals surface area contributed by atoms with Crippen molar-refractivity contribution in [1.82, 2.24) is 4.90 Å². The second kappa shape index (κ2) is 17.1. The van der Waals surface area contributed by atoms with Crippen molar-refractivity contribution < 1.29 is 33.0 Å². The Kier molecular flexibility index (Phi) is 14.3. The summed E-state index contributed by atoms with van der Waals surface area (Å²) in [7, 11) is 1.54. The van der Waals surface area contributed by atoms with E-state index in [0.717, 1.165) is 45.1 Å². The van der Waals surface area contributed by atoms with Gasteiger partial charge in [-0.05, 0) is 62.2 Å². The van der Waals surface area contributed by atoms with Gasteiger partial charge in [0.05, 0.1) is 13.7 Å². The molecule has 0 amide bonds. The third kappa shape index (κ3) is 10.1. The maximum Gasteiger partial charge on any atom is 0.306 e. The van der Waals surface area contributed by atoms with Crippen molar-refractivity contribution in [2.45, 2.75) is 77.2 Å². The van der Waals surface area contributed by atoms with Crippen LogP contribution in [-0.2, 0) is 9.53 Å². The number of unbranched alkanes of at least 4 members (excludes halogenated alkanes) is 4. The number of methoxy groups -OCH3 is 1. The standard InChI is InChI=1S/C32H42FNO6.ClH/c1-4-5-6-7-8-10-30(36)40-32(31(37)25-11-14-27(33)15-12-25)17-20-34(21-18-32)19-9-22-39-28-16-13-26(24(2)35)23-29(28)38-3;/h11-16,23H,4-10,17-22H2,1-3H3;1H. The highest BCUT2D eigenvalue weighted by Gasteiger charge is 2.45. The van der Waals surface area contributed by atoms with E-state index in [4.69, 9.17) is 14.2 Å². The number of benzene rings is 2. The number of carbonyl (C=O) groups excluding carboxylic acids is 3. The Labute approximate surface area is 249 Å². The van der Waals surface area contributed by atoms with Crippen LogP contribution in [0, 0.1) is 5.82 Å². The lowest BCUT2D eigenvalue weighted by Crippen LogP contribution is -2.52. The van der Waals surface area contributed by atoms with E-state index in [1.165, 1.54) is 31.2 Å². The molecule has 1 fully saturated rings. The Morgan fingerprint density at radius 2 is 1.56 bits per heavy atom. The Hall–Kier alpha value is -2.97. The summed E-state index contributed by atoms with van der Waals surface area (Å²) in [6, 6.07) is 10.6. The number of nitrogens with zero attached hydrogens (tertiary/aromatic N) is 1. The van der Waals surface area contributed by atoms with Crippen LogP contribution in [0.2, 0.25) is 0 Å². The lowest BCUT2D eigenvalue weighted by atomic mass is 9.83. The maximum absolute atomic E-state index is 13.6. The number of hydrogen-bond acceptors (Lipinski definition) is 7. The number of carbonyl (C=O) groups is 3. The molecule has 0 saturated carbocycles. The van der Waals surface area contributed by atoms with Gasteiger partial charge in [-0.2, -0.15) is 0 Å². The average Bonchev–Trinajstić information content (AvgIpc) is 2.96. The van der Waals surface area contributed by atoms with Crippen molar-refractivity contribution in [2.75, 3.05) is 33.4 Å². The second-order valence-corrected chi connectivity index (χ2v) is 10.4. The van der Waals surface area contributed by atoms with Gasteiger partial charge in [0.25, 0.3) is 0 Å². The van der Waals surface area contributed by atoms with Crippen LogP contribution in [0.4, 0.5) is 4.39 Å². The van der Waals surface area contributed by atoms with Crippen LogP contribution in [0.15, 0.2) is 42.5 Å². The number of likely N-dealkylation sites (tertiary alicyclic amines) is 1. The van der Waals surface area contributed by atoms with Crippen LogP contribution >= 0.6 is 12.4 Å². The van der Waals surface area contributed by atoms with E-state index in [-0.39, 0.29) is 29.9 Å². The van der Waals surface area contributed by atoms with Crippen molar-refractivity contribution in [2.24, 2.45) is 0 Å². The second-order valence-electron chi connectivity index (χ2n) is 10.4. The number of piperidine rings is 1. The maximum atomic E-state index is 13.6. The molecule has 1 heterocycles. The van der Waals surface area contributed by atoms with Gasteiger partial charge in [0, 0.05) is 50.0 Å². The summed E-state index contributed by atoms with van der Waals surface area (Å²) in [5, 5.41) is 0. The topological polar surface area (TPSA) is 82.1 Å². The van der Waals surface area contributed by atoms with E-state index in [0.29, 0.717) is 61.6 Å². The molecule has 9 heteroatoms. The molecule has 0 bridgehead atoms. The predicted octanol–water partition coefficient (Wildman–Crippen LogP) is 6.85. The number of ketones is 2. The highest BCUT2D eigenvalue weighted by atomic mass is 35.5. The third-order valence-corrected chi connectivity index (χ3v) is 7.42. The third-order valence-electron chi connectivity index (χ3n) is 7.42. The molecule has 41 heavy (non-hydrogen) atoms. The normalized spacial score (nSPS) is 14.5. The number of ether oxygens (including phenoxy) is 3. The Morgan fingerprint density at radius 1 is 0.902 bits per heavy atom. The molecule has 226 valence electrons. The van der Waals surface area contributed by atoms with Crippen LogP contribution in [0.1, 0.15) is 92.4 Å². The summed E-state index contributed by atoms with van der Waals surface area (Å²) in [4.78, 5) is 40.2. The molecule has 1 aliphatic heterocycles. The van der Waals surface area contributed by atoms with Crippen LogP contribution in [0.25, 0.3) is 0 Å². The Balaban J connectivity index is 0.00000588. The number of hydrogen-bond donors (Lipinski definition) is 0. The minimum absolute atomic E-state index is 0. The lowest BCUT2D eigenvalue weighted by Gasteiger charge is -2.40. The first-order valence-corrected chi connectivity index (χ1v) is 14.3. The minimum Gasteiger partial charge on any atom is -0.493 e. The first kappa shape index (κ1) is 34.2. The van der Waals surface area contributed by atoms with Crippen molar-refractivity contribution in [3.8, 4) is 11.5 Å². The zero-order valence-corrected chi connectivity index (χ0v) is 25.2. The molecule has 0 N–H and O–H groups in total. The van der Waals surface area contributed by atoms with Gasteiger partial charge in [-0.3, -0.25) is 14.4 Å². The fraction of sp³-hybridized carbons (Fsp3) is 0.531. The van der Waals surface area contributed by atoms with E-state index in [1.54, 1.807) is 25.3 Å². The predicted molar refractivity (Wildman–Crippen MR) is 159 cm³/mol. The number of halogens is 2. The van der Waals surface area contributed by atoms with Gasteiger partial charge in [0.15, 0.2) is 22.9 Å². The fourth-order valence-corrected chi connectivity index (χ4v) is 5.00. The van der Waals surface area contributed by atoms with Gasteiger partial charge in [-0.25, -0.2) is 4.39 Å². The van der Waals surface area contributed by atoms with Crippen LogP contribution in [0.3, 0.4) is 0 Å². The quantitative estimate of drug-likeness (QED) is 0.120. The van der Waals surface area contributed by atoms with Gasteiger partial charge < -0.3 is 19.1 Å². The van der Waals surface area contributed by atoms with E-state index >= 15 is 0 Å². The monoisotopic (exact) mass is 591 g/mol. The summed E-state index contributed by atoms with van der Waals surface area (Å²) in [5.41, 5.74) is -0.325. The van der Waals surface area contributed by atoms with Crippen molar-refractivity contribution in [3.05, 3.63) is 59.4 Å². The Bertz CT molecular complexity index is 1130. The molecule has 7 nitrogen and oxygen atoms in total. The number of Topliss-reactive ketones (excluding diaryl/α,β-unsaturated/α-hetero) is 2. The molecule has 2 aromatic carbocycles. The molecule has 0 aliphatic carbocycles. The van der Waals surface area contributed by atoms with Gasteiger partial charge in [-0.15, -0.1) is 12.4 Å². The fourth-order valence-electron chi connectivity index (χ4n) is 5.00. The molecular weight excluding hydrogens is 549 g/mol. The summed E-state index contributed by atoms with van der Waals surface area (Å²) in [6.07, 6.45) is 6.86. The van der Waals surface area contributed by atoms with Crippen LogP contribution < -0.4 is 9.47 Å².